The van der Waals surface area contributed by atoms with E-state index in [0.29, 0.717) is 0 Å². The SMILES string of the molecule is CCCCC(OC(=O)OC(CCCC)c1cc(C(C)(C)C)cc(C(C)(C)C)c1)c1cc(C(C)(C)C)cc(C(C)(C)C)c1. The predicted molar refractivity (Wildman–Crippen MR) is 180 cm³/mol. The van der Waals surface area contributed by atoms with Crippen LogP contribution in [0, 0.1) is 0 Å². The zero-order valence-electron chi connectivity index (χ0n) is 29.6. The maximum atomic E-state index is 13.6. The van der Waals surface area contributed by atoms with E-state index in [-0.39, 0.29) is 33.9 Å². The molecule has 42 heavy (non-hydrogen) atoms. The first-order valence-corrected chi connectivity index (χ1v) is 16.4. The first kappa shape index (κ1) is 35.9. The smallest absolute Gasteiger partial charge is 0.426 e. The van der Waals surface area contributed by atoms with Gasteiger partial charge in [-0.25, -0.2) is 4.79 Å². The van der Waals surface area contributed by atoms with Crippen LogP contribution < -0.4 is 0 Å². The maximum absolute atomic E-state index is 13.6. The molecule has 0 saturated carbocycles. The van der Waals surface area contributed by atoms with Crippen LogP contribution in [-0.4, -0.2) is 6.16 Å². The topological polar surface area (TPSA) is 35.5 Å². The van der Waals surface area contributed by atoms with E-state index in [0.717, 1.165) is 49.7 Å². The van der Waals surface area contributed by atoms with Gasteiger partial charge >= 0.3 is 6.16 Å². The molecule has 0 aliphatic rings. The Hall–Kier alpha value is -2.29. The largest absolute Gasteiger partial charge is 0.509 e. The lowest BCUT2D eigenvalue weighted by Gasteiger charge is -2.29. The molecule has 0 fully saturated rings. The van der Waals surface area contributed by atoms with Gasteiger partial charge in [0.1, 0.15) is 12.2 Å². The second-order valence-electron chi connectivity index (χ2n) is 16.4. The van der Waals surface area contributed by atoms with E-state index in [1.54, 1.807) is 0 Å². The summed E-state index contributed by atoms with van der Waals surface area (Å²) in [4.78, 5) is 13.6. The minimum atomic E-state index is -0.575. The van der Waals surface area contributed by atoms with Crippen LogP contribution in [0.5, 0.6) is 0 Å². The molecule has 0 amide bonds. The van der Waals surface area contributed by atoms with Gasteiger partial charge in [0.15, 0.2) is 0 Å². The van der Waals surface area contributed by atoms with Crippen molar-refractivity contribution in [2.75, 3.05) is 0 Å². The Morgan fingerprint density at radius 1 is 0.524 bits per heavy atom. The van der Waals surface area contributed by atoms with Crippen molar-refractivity contribution in [3.05, 3.63) is 69.8 Å². The van der Waals surface area contributed by atoms with Gasteiger partial charge in [-0.15, -0.1) is 0 Å². The van der Waals surface area contributed by atoms with Crippen LogP contribution in [0.15, 0.2) is 36.4 Å². The van der Waals surface area contributed by atoms with Crippen LogP contribution >= 0.6 is 0 Å². The summed E-state index contributed by atoms with van der Waals surface area (Å²) < 4.78 is 12.5. The first-order chi connectivity index (χ1) is 19.2. The van der Waals surface area contributed by atoms with E-state index in [1.807, 2.05) is 0 Å². The summed E-state index contributed by atoms with van der Waals surface area (Å²) in [5.74, 6) is 0. The highest BCUT2D eigenvalue weighted by Crippen LogP contribution is 2.37. The molecule has 3 heteroatoms. The third-order valence-corrected chi connectivity index (χ3v) is 8.24. The van der Waals surface area contributed by atoms with Crippen molar-refractivity contribution in [1.82, 2.24) is 0 Å². The molecule has 0 radical (unpaired) electrons. The van der Waals surface area contributed by atoms with Crippen LogP contribution in [0.25, 0.3) is 0 Å². The molecule has 2 aromatic rings. The first-order valence-electron chi connectivity index (χ1n) is 16.4. The monoisotopic (exact) mass is 578 g/mol. The van der Waals surface area contributed by atoms with Gasteiger partial charge in [-0.05, 0) is 80.7 Å². The lowest BCUT2D eigenvalue weighted by Crippen LogP contribution is -2.21. The second kappa shape index (κ2) is 14.0. The third kappa shape index (κ3) is 10.5. The predicted octanol–water partition coefficient (Wildman–Crippen LogP) is 12.2. The average Bonchev–Trinajstić information content (AvgIpc) is 2.86. The summed E-state index contributed by atoms with van der Waals surface area (Å²) in [6.07, 6.45) is 4.30. The number of benzene rings is 2. The molecule has 0 saturated heterocycles. The van der Waals surface area contributed by atoms with Crippen molar-refractivity contribution in [1.29, 1.82) is 0 Å². The molecular weight excluding hydrogens is 516 g/mol. The highest BCUT2D eigenvalue weighted by molar-refractivity contribution is 5.61. The van der Waals surface area contributed by atoms with E-state index in [1.165, 1.54) is 22.3 Å². The molecule has 2 atom stereocenters. The van der Waals surface area contributed by atoms with E-state index < -0.39 is 6.16 Å². The molecule has 0 bridgehead atoms. The molecule has 0 spiro atoms. The molecule has 2 unspecified atom stereocenters. The zero-order chi connectivity index (χ0) is 32.1. The lowest BCUT2D eigenvalue weighted by molar-refractivity contribution is -0.00859. The molecule has 0 aliphatic heterocycles. The fourth-order valence-electron chi connectivity index (χ4n) is 5.03. The number of unbranched alkanes of at least 4 members (excludes halogenated alkanes) is 2. The number of rotatable bonds is 10. The van der Waals surface area contributed by atoms with Gasteiger partial charge in [0.25, 0.3) is 0 Å². The molecule has 2 aromatic carbocycles. The molecule has 2 rings (SSSR count). The van der Waals surface area contributed by atoms with Crippen LogP contribution in [0.4, 0.5) is 4.79 Å². The molecule has 0 aromatic heterocycles. The van der Waals surface area contributed by atoms with Gasteiger partial charge < -0.3 is 9.47 Å². The van der Waals surface area contributed by atoms with Gasteiger partial charge in [-0.3, -0.25) is 0 Å². The van der Waals surface area contributed by atoms with Gasteiger partial charge in [0.05, 0.1) is 0 Å². The Kier molecular flexibility index (Phi) is 12.0. The second-order valence-corrected chi connectivity index (χ2v) is 16.4. The molecule has 0 heterocycles. The summed E-state index contributed by atoms with van der Waals surface area (Å²) in [7, 11) is 0. The normalized spacial score (nSPS) is 14.4. The van der Waals surface area contributed by atoms with E-state index in [2.05, 4.69) is 133 Å². The Bertz CT molecular complexity index is 1010. The third-order valence-electron chi connectivity index (χ3n) is 8.24. The van der Waals surface area contributed by atoms with Gasteiger partial charge in [0.2, 0.25) is 0 Å². The molecular formula is C39H62O3. The summed E-state index contributed by atoms with van der Waals surface area (Å²) in [5.41, 5.74) is 7.12. The Labute approximate surface area is 259 Å². The van der Waals surface area contributed by atoms with Crippen molar-refractivity contribution < 1.29 is 14.3 Å². The number of carbonyl (C=O) groups is 1. The van der Waals surface area contributed by atoms with E-state index in [4.69, 9.17) is 9.47 Å². The Morgan fingerprint density at radius 3 is 1.00 bits per heavy atom. The summed E-state index contributed by atoms with van der Waals surface area (Å²) >= 11 is 0. The van der Waals surface area contributed by atoms with Crippen LogP contribution in [0.2, 0.25) is 0 Å². The van der Waals surface area contributed by atoms with Gasteiger partial charge in [-0.1, -0.05) is 146 Å². The minimum absolute atomic E-state index is 0.0140. The van der Waals surface area contributed by atoms with Crippen molar-refractivity contribution >= 4 is 6.16 Å². The summed E-state index contributed by atoms with van der Waals surface area (Å²) in [6.45, 7) is 31.2. The summed E-state index contributed by atoms with van der Waals surface area (Å²) in [5, 5.41) is 0. The van der Waals surface area contributed by atoms with Crippen molar-refractivity contribution in [3.8, 4) is 0 Å². The molecule has 0 N–H and O–H groups in total. The van der Waals surface area contributed by atoms with Crippen LogP contribution in [0.1, 0.15) is 181 Å². The standard InChI is InChI=1S/C39H62O3/c1-15-17-19-33(27-21-29(36(3,4)5)25-30(22-27)37(6,7)8)41-35(40)42-34(20-18-16-2)28-23-31(38(9,10)11)26-32(24-28)39(12,13)14/h21-26,33-34H,15-20H2,1-14H3. The molecule has 236 valence electrons. The quantitative estimate of drug-likeness (QED) is 0.263. The fraction of sp³-hybridized carbons (Fsp3) is 0.667. The average molecular weight is 579 g/mol. The highest BCUT2D eigenvalue weighted by Gasteiger charge is 2.28. The lowest BCUT2D eigenvalue weighted by atomic mass is 9.79. The van der Waals surface area contributed by atoms with Gasteiger partial charge in [-0.2, -0.15) is 0 Å². The van der Waals surface area contributed by atoms with Gasteiger partial charge in [0, 0.05) is 0 Å². The van der Waals surface area contributed by atoms with Crippen LogP contribution in [-0.2, 0) is 31.1 Å². The van der Waals surface area contributed by atoms with Crippen molar-refractivity contribution in [3.63, 3.8) is 0 Å². The number of hydrogen-bond acceptors (Lipinski definition) is 3. The molecule has 3 nitrogen and oxygen atoms in total. The Balaban J connectivity index is 2.51. The highest BCUT2D eigenvalue weighted by atomic mass is 16.7. The number of hydrogen-bond donors (Lipinski definition) is 0. The van der Waals surface area contributed by atoms with Crippen molar-refractivity contribution in [2.24, 2.45) is 0 Å². The molecule has 0 aliphatic carbocycles. The van der Waals surface area contributed by atoms with E-state index in [9.17, 15) is 4.79 Å². The van der Waals surface area contributed by atoms with E-state index >= 15 is 0 Å². The van der Waals surface area contributed by atoms with Crippen LogP contribution in [0.3, 0.4) is 0 Å². The number of carbonyl (C=O) groups excluding carboxylic acids is 1. The maximum Gasteiger partial charge on any atom is 0.509 e. The Morgan fingerprint density at radius 2 is 0.786 bits per heavy atom. The zero-order valence-corrected chi connectivity index (χ0v) is 29.6. The summed E-state index contributed by atoms with van der Waals surface area (Å²) in [6, 6.07) is 13.6. The fourth-order valence-corrected chi connectivity index (χ4v) is 5.03. The van der Waals surface area contributed by atoms with Crippen molar-refractivity contribution in [2.45, 2.75) is 169 Å². The minimum Gasteiger partial charge on any atom is -0.426 e. The number of ether oxygens (including phenoxy) is 2.